The van der Waals surface area contributed by atoms with Gasteiger partial charge in [0.2, 0.25) is 0 Å². The van der Waals surface area contributed by atoms with E-state index in [1.54, 1.807) is 0 Å². The zero-order valence-corrected chi connectivity index (χ0v) is 11.1. The molecular formula is C15H24N2. The van der Waals surface area contributed by atoms with Crippen LogP contribution in [0.25, 0.3) is 0 Å². The minimum Gasteiger partial charge on any atom is -0.371 e. The molecule has 0 heterocycles. The zero-order valence-electron chi connectivity index (χ0n) is 11.1. The Morgan fingerprint density at radius 3 is 2.41 bits per heavy atom. The summed E-state index contributed by atoms with van der Waals surface area (Å²) in [6.45, 7) is 5.68. The topological polar surface area (TPSA) is 15.3 Å². The first-order chi connectivity index (χ1) is 8.29. The molecule has 1 aliphatic rings. The summed E-state index contributed by atoms with van der Waals surface area (Å²) >= 11 is 0. The molecule has 0 atom stereocenters. The molecule has 0 bridgehead atoms. The van der Waals surface area contributed by atoms with E-state index in [1.165, 1.54) is 31.5 Å². The van der Waals surface area contributed by atoms with Gasteiger partial charge in [-0.3, -0.25) is 0 Å². The molecule has 1 saturated carbocycles. The maximum atomic E-state index is 3.36. The van der Waals surface area contributed by atoms with Gasteiger partial charge in [0.15, 0.2) is 0 Å². The summed E-state index contributed by atoms with van der Waals surface area (Å²) in [5, 5.41) is 3.36. The summed E-state index contributed by atoms with van der Waals surface area (Å²) in [4.78, 5) is 2.51. The van der Waals surface area contributed by atoms with Crippen LogP contribution in [0, 0.1) is 5.41 Å². The van der Waals surface area contributed by atoms with Crippen LogP contribution in [0.15, 0.2) is 30.3 Å². The first kappa shape index (κ1) is 12.4. The fourth-order valence-electron chi connectivity index (χ4n) is 2.87. The highest BCUT2D eigenvalue weighted by Gasteiger charge is 2.37. The highest BCUT2D eigenvalue weighted by Crippen LogP contribution is 2.41. The van der Waals surface area contributed by atoms with E-state index in [1.807, 2.05) is 0 Å². The molecular weight excluding hydrogens is 208 g/mol. The quantitative estimate of drug-likeness (QED) is 0.811. The molecule has 0 aliphatic heterocycles. The normalized spacial score (nSPS) is 17.5. The highest BCUT2D eigenvalue weighted by atomic mass is 15.1. The van der Waals surface area contributed by atoms with E-state index < -0.39 is 0 Å². The predicted molar refractivity (Wildman–Crippen MR) is 74.5 cm³/mol. The van der Waals surface area contributed by atoms with E-state index >= 15 is 0 Å². The van der Waals surface area contributed by atoms with Gasteiger partial charge < -0.3 is 10.2 Å². The standard InChI is InChI=1S/C15H24N2/c1-3-17(14-8-5-4-6-9-14)13-15(12-16-2)10-7-11-15/h4-6,8-9,16H,3,7,10-13H2,1-2H3. The summed E-state index contributed by atoms with van der Waals surface area (Å²) < 4.78 is 0. The van der Waals surface area contributed by atoms with Crippen LogP contribution in [0.5, 0.6) is 0 Å². The van der Waals surface area contributed by atoms with Crippen molar-refractivity contribution >= 4 is 5.69 Å². The Hall–Kier alpha value is -1.02. The van der Waals surface area contributed by atoms with Crippen molar-refractivity contribution in [3.63, 3.8) is 0 Å². The van der Waals surface area contributed by atoms with Crippen LogP contribution in [0.1, 0.15) is 26.2 Å². The molecule has 0 amide bonds. The zero-order chi connectivity index (χ0) is 12.1. The van der Waals surface area contributed by atoms with Crippen molar-refractivity contribution in [3.05, 3.63) is 30.3 Å². The van der Waals surface area contributed by atoms with Gasteiger partial charge in [0.05, 0.1) is 0 Å². The van der Waals surface area contributed by atoms with Crippen LogP contribution in [0.4, 0.5) is 5.69 Å². The van der Waals surface area contributed by atoms with Gasteiger partial charge in [-0.25, -0.2) is 0 Å². The molecule has 1 aromatic rings. The molecule has 1 fully saturated rings. The monoisotopic (exact) mass is 232 g/mol. The van der Waals surface area contributed by atoms with Crippen molar-refractivity contribution in [1.82, 2.24) is 5.32 Å². The molecule has 0 saturated heterocycles. The van der Waals surface area contributed by atoms with Gasteiger partial charge in [0.25, 0.3) is 0 Å². The molecule has 17 heavy (non-hydrogen) atoms. The smallest absolute Gasteiger partial charge is 0.0366 e. The predicted octanol–water partition coefficient (Wildman–Crippen LogP) is 2.90. The molecule has 0 unspecified atom stereocenters. The third-order valence-corrected chi connectivity index (χ3v) is 4.00. The maximum Gasteiger partial charge on any atom is 0.0366 e. The van der Waals surface area contributed by atoms with E-state index in [0.717, 1.165) is 13.1 Å². The van der Waals surface area contributed by atoms with Crippen LogP contribution < -0.4 is 10.2 Å². The van der Waals surface area contributed by atoms with Crippen molar-refractivity contribution in [1.29, 1.82) is 0 Å². The van der Waals surface area contributed by atoms with E-state index in [-0.39, 0.29) is 0 Å². The average molecular weight is 232 g/mol. The Balaban J connectivity index is 2.04. The Kier molecular flexibility index (Phi) is 4.06. The van der Waals surface area contributed by atoms with Crippen LogP contribution in [-0.2, 0) is 0 Å². The van der Waals surface area contributed by atoms with Crippen molar-refractivity contribution in [2.24, 2.45) is 5.41 Å². The number of anilines is 1. The average Bonchev–Trinajstić information content (AvgIpc) is 2.33. The van der Waals surface area contributed by atoms with E-state index in [2.05, 4.69) is 54.5 Å². The lowest BCUT2D eigenvalue weighted by atomic mass is 9.68. The molecule has 2 nitrogen and oxygen atoms in total. The fraction of sp³-hybridized carbons (Fsp3) is 0.600. The van der Waals surface area contributed by atoms with Gasteiger partial charge in [-0.15, -0.1) is 0 Å². The summed E-state index contributed by atoms with van der Waals surface area (Å²) in [5.41, 5.74) is 1.87. The van der Waals surface area contributed by atoms with Gasteiger partial charge in [0.1, 0.15) is 0 Å². The SMILES string of the molecule is CCN(CC1(CNC)CCC1)c1ccccc1. The van der Waals surface area contributed by atoms with E-state index in [4.69, 9.17) is 0 Å². The van der Waals surface area contributed by atoms with E-state index in [9.17, 15) is 0 Å². The van der Waals surface area contributed by atoms with Crippen LogP contribution in [0.2, 0.25) is 0 Å². The number of hydrogen-bond donors (Lipinski definition) is 1. The van der Waals surface area contributed by atoms with Gasteiger partial charge in [-0.1, -0.05) is 24.6 Å². The molecule has 1 N–H and O–H groups in total. The maximum absolute atomic E-state index is 3.36. The molecule has 94 valence electrons. The fourth-order valence-corrected chi connectivity index (χ4v) is 2.87. The van der Waals surface area contributed by atoms with E-state index in [0.29, 0.717) is 5.41 Å². The number of rotatable bonds is 6. The second kappa shape index (κ2) is 5.54. The minimum atomic E-state index is 0.514. The lowest BCUT2D eigenvalue weighted by Crippen LogP contribution is -2.48. The van der Waals surface area contributed by atoms with Crippen molar-refractivity contribution in [3.8, 4) is 0 Å². The molecule has 2 rings (SSSR count). The van der Waals surface area contributed by atoms with Crippen LogP contribution >= 0.6 is 0 Å². The molecule has 1 aromatic carbocycles. The van der Waals surface area contributed by atoms with Gasteiger partial charge in [0, 0.05) is 30.7 Å². The Labute approximate surface area is 105 Å². The Bertz CT molecular complexity index is 330. The van der Waals surface area contributed by atoms with Crippen molar-refractivity contribution in [2.45, 2.75) is 26.2 Å². The summed E-state index contributed by atoms with van der Waals surface area (Å²) in [6.07, 6.45) is 4.14. The summed E-state index contributed by atoms with van der Waals surface area (Å²) in [6, 6.07) is 10.8. The Morgan fingerprint density at radius 2 is 1.94 bits per heavy atom. The summed E-state index contributed by atoms with van der Waals surface area (Å²) in [7, 11) is 2.07. The highest BCUT2D eigenvalue weighted by molar-refractivity contribution is 5.46. The third kappa shape index (κ3) is 2.81. The summed E-state index contributed by atoms with van der Waals surface area (Å²) in [5.74, 6) is 0. The molecule has 0 spiro atoms. The number of benzene rings is 1. The minimum absolute atomic E-state index is 0.514. The van der Waals surface area contributed by atoms with Gasteiger partial charge >= 0.3 is 0 Å². The first-order valence-electron chi connectivity index (χ1n) is 6.74. The second-order valence-corrected chi connectivity index (χ2v) is 5.23. The van der Waals surface area contributed by atoms with Gasteiger partial charge in [-0.2, -0.15) is 0 Å². The number of nitrogens with zero attached hydrogens (tertiary/aromatic N) is 1. The lowest BCUT2D eigenvalue weighted by molar-refractivity contribution is 0.141. The lowest BCUT2D eigenvalue weighted by Gasteiger charge is -2.45. The largest absolute Gasteiger partial charge is 0.371 e. The molecule has 0 radical (unpaired) electrons. The van der Waals surface area contributed by atoms with Crippen LogP contribution in [-0.4, -0.2) is 26.7 Å². The van der Waals surface area contributed by atoms with Crippen LogP contribution in [0.3, 0.4) is 0 Å². The third-order valence-electron chi connectivity index (χ3n) is 4.00. The first-order valence-corrected chi connectivity index (χ1v) is 6.74. The number of para-hydroxylation sites is 1. The molecule has 0 aromatic heterocycles. The van der Waals surface area contributed by atoms with Gasteiger partial charge in [-0.05, 0) is 38.9 Å². The molecule has 2 heteroatoms. The number of nitrogens with one attached hydrogen (secondary N) is 1. The molecule has 1 aliphatic carbocycles. The Morgan fingerprint density at radius 1 is 1.24 bits per heavy atom. The number of hydrogen-bond acceptors (Lipinski definition) is 2. The second-order valence-electron chi connectivity index (χ2n) is 5.23. The van der Waals surface area contributed by atoms with Crippen molar-refractivity contribution < 1.29 is 0 Å². The van der Waals surface area contributed by atoms with Crippen molar-refractivity contribution in [2.75, 3.05) is 31.6 Å².